The molecule has 0 radical (unpaired) electrons. The highest BCUT2D eigenvalue weighted by Gasteiger charge is 2.15. The van der Waals surface area contributed by atoms with E-state index in [1.165, 1.54) is 51.4 Å². The van der Waals surface area contributed by atoms with E-state index in [4.69, 9.17) is 4.74 Å². The van der Waals surface area contributed by atoms with E-state index in [-0.39, 0.29) is 12.1 Å². The summed E-state index contributed by atoms with van der Waals surface area (Å²) >= 11 is 0. The van der Waals surface area contributed by atoms with Crippen molar-refractivity contribution in [2.24, 2.45) is 5.92 Å². The van der Waals surface area contributed by atoms with Crippen molar-refractivity contribution in [1.82, 2.24) is 0 Å². The Kier molecular flexibility index (Phi) is 13.1. The topological polar surface area (TPSA) is 26.3 Å². The summed E-state index contributed by atoms with van der Waals surface area (Å²) < 4.78 is 5.68. The summed E-state index contributed by atoms with van der Waals surface area (Å²) in [6.07, 6.45) is 12.9. The predicted molar refractivity (Wildman–Crippen MR) is 86.9 cm³/mol. The average Bonchev–Trinajstić information content (AvgIpc) is 2.38. The Hall–Kier alpha value is -0.530. The molecule has 0 aromatic carbocycles. The molecule has 0 fully saturated rings. The first-order chi connectivity index (χ1) is 9.60. The number of rotatable bonds is 13. The fraction of sp³-hybridized carbons (Fsp3) is 0.944. The second-order valence-electron chi connectivity index (χ2n) is 6.41. The lowest BCUT2D eigenvalue weighted by atomic mass is 10.0. The molecule has 0 heterocycles. The van der Waals surface area contributed by atoms with Gasteiger partial charge in [-0.3, -0.25) is 4.79 Å². The van der Waals surface area contributed by atoms with Gasteiger partial charge in [0.05, 0.1) is 0 Å². The van der Waals surface area contributed by atoms with Crippen LogP contribution in [-0.2, 0) is 9.53 Å². The van der Waals surface area contributed by atoms with Gasteiger partial charge in [-0.1, -0.05) is 66.2 Å². The van der Waals surface area contributed by atoms with Crippen LogP contribution in [-0.4, -0.2) is 12.1 Å². The number of hydrogen-bond donors (Lipinski definition) is 0. The van der Waals surface area contributed by atoms with Gasteiger partial charge in [-0.25, -0.2) is 0 Å². The molecule has 2 heteroatoms. The Bertz CT molecular complexity index is 211. The third-order valence-corrected chi connectivity index (χ3v) is 3.63. The third-order valence-electron chi connectivity index (χ3n) is 3.63. The Morgan fingerprint density at radius 2 is 1.35 bits per heavy atom. The highest BCUT2D eigenvalue weighted by Crippen LogP contribution is 2.17. The molecule has 0 aromatic rings. The van der Waals surface area contributed by atoms with E-state index >= 15 is 0 Å². The van der Waals surface area contributed by atoms with E-state index in [2.05, 4.69) is 27.7 Å². The number of hydrogen-bond acceptors (Lipinski definition) is 2. The summed E-state index contributed by atoms with van der Waals surface area (Å²) in [6.45, 7) is 8.59. The van der Waals surface area contributed by atoms with Crippen LogP contribution < -0.4 is 0 Å². The van der Waals surface area contributed by atoms with Gasteiger partial charge in [0, 0.05) is 6.42 Å². The highest BCUT2D eigenvalue weighted by atomic mass is 16.5. The maximum absolute atomic E-state index is 11.8. The minimum atomic E-state index is -0.00372. The summed E-state index contributed by atoms with van der Waals surface area (Å²) in [5, 5.41) is 0. The van der Waals surface area contributed by atoms with Crippen molar-refractivity contribution in [1.29, 1.82) is 0 Å². The summed E-state index contributed by atoms with van der Waals surface area (Å²) in [4.78, 5) is 11.8. The zero-order valence-corrected chi connectivity index (χ0v) is 14.2. The van der Waals surface area contributed by atoms with Gasteiger partial charge in [-0.05, 0) is 31.6 Å². The summed E-state index contributed by atoms with van der Waals surface area (Å²) in [7, 11) is 0. The Labute approximate surface area is 126 Å². The van der Waals surface area contributed by atoms with Gasteiger partial charge in [0.2, 0.25) is 0 Å². The van der Waals surface area contributed by atoms with Crippen LogP contribution in [0.5, 0.6) is 0 Å². The second kappa shape index (κ2) is 13.5. The molecule has 0 aromatic heterocycles. The van der Waals surface area contributed by atoms with E-state index in [1.54, 1.807) is 0 Å². The molecule has 0 spiro atoms. The van der Waals surface area contributed by atoms with Crippen molar-refractivity contribution in [3.05, 3.63) is 0 Å². The van der Waals surface area contributed by atoms with E-state index in [9.17, 15) is 4.79 Å². The molecule has 0 aliphatic rings. The van der Waals surface area contributed by atoms with Gasteiger partial charge >= 0.3 is 5.97 Å². The first kappa shape index (κ1) is 19.5. The minimum absolute atomic E-state index is 0.00372. The molecule has 0 saturated carbocycles. The van der Waals surface area contributed by atoms with Crippen LogP contribution in [0.4, 0.5) is 0 Å². The molecule has 2 nitrogen and oxygen atoms in total. The number of carbonyl (C=O) groups excluding carboxylic acids is 1. The predicted octanol–water partition coefficient (Wildman–Crippen LogP) is 5.89. The van der Waals surface area contributed by atoms with Gasteiger partial charge in [0.15, 0.2) is 0 Å². The Morgan fingerprint density at radius 3 is 1.75 bits per heavy atom. The van der Waals surface area contributed by atoms with Gasteiger partial charge in [-0.2, -0.15) is 0 Å². The lowest BCUT2D eigenvalue weighted by molar-refractivity contribution is -0.150. The van der Waals surface area contributed by atoms with Crippen molar-refractivity contribution in [2.45, 2.75) is 104 Å². The van der Waals surface area contributed by atoms with Gasteiger partial charge in [0.25, 0.3) is 0 Å². The molecule has 0 aliphatic carbocycles. The van der Waals surface area contributed by atoms with Crippen molar-refractivity contribution < 1.29 is 9.53 Å². The molecule has 120 valence electrons. The molecule has 0 unspecified atom stereocenters. The van der Waals surface area contributed by atoms with Crippen LogP contribution in [0.3, 0.4) is 0 Å². The second-order valence-corrected chi connectivity index (χ2v) is 6.41. The fourth-order valence-electron chi connectivity index (χ4n) is 2.43. The molecule has 0 saturated heterocycles. The quantitative estimate of drug-likeness (QED) is 0.311. The normalized spacial score (nSPS) is 11.3. The lowest BCUT2D eigenvalue weighted by Crippen LogP contribution is -2.19. The summed E-state index contributed by atoms with van der Waals surface area (Å²) in [5.74, 6) is 0.388. The fourth-order valence-corrected chi connectivity index (χ4v) is 2.43. The lowest BCUT2D eigenvalue weighted by Gasteiger charge is -2.18. The Morgan fingerprint density at radius 1 is 0.850 bits per heavy atom. The van der Waals surface area contributed by atoms with Crippen molar-refractivity contribution in [3.63, 3.8) is 0 Å². The standard InChI is InChI=1S/C18H36O2/c1-5-7-9-11-13-17(14-12-10-8-6-2)20-18(19)15-16(3)4/h16-17H,5-15H2,1-4H3. The van der Waals surface area contributed by atoms with Crippen LogP contribution in [0.1, 0.15) is 98.3 Å². The number of carbonyl (C=O) groups is 1. The van der Waals surface area contributed by atoms with E-state index in [0.29, 0.717) is 12.3 Å². The zero-order valence-electron chi connectivity index (χ0n) is 14.2. The maximum Gasteiger partial charge on any atom is 0.306 e. The smallest absolute Gasteiger partial charge is 0.306 e. The molecule has 0 bridgehead atoms. The largest absolute Gasteiger partial charge is 0.462 e. The van der Waals surface area contributed by atoms with Crippen LogP contribution >= 0.6 is 0 Å². The summed E-state index contributed by atoms with van der Waals surface area (Å²) in [6, 6.07) is 0. The molecule has 0 amide bonds. The maximum atomic E-state index is 11.8. The van der Waals surface area contributed by atoms with Gasteiger partial charge in [0.1, 0.15) is 6.10 Å². The highest BCUT2D eigenvalue weighted by molar-refractivity contribution is 5.69. The van der Waals surface area contributed by atoms with Crippen molar-refractivity contribution >= 4 is 5.97 Å². The molecule has 0 N–H and O–H groups in total. The third kappa shape index (κ3) is 12.5. The van der Waals surface area contributed by atoms with E-state index in [0.717, 1.165) is 12.8 Å². The monoisotopic (exact) mass is 284 g/mol. The first-order valence-corrected chi connectivity index (χ1v) is 8.79. The minimum Gasteiger partial charge on any atom is -0.462 e. The SMILES string of the molecule is CCCCCCC(CCCCCC)OC(=O)CC(C)C. The first-order valence-electron chi connectivity index (χ1n) is 8.79. The molecule has 0 atom stereocenters. The molecule has 0 rings (SSSR count). The average molecular weight is 284 g/mol. The van der Waals surface area contributed by atoms with Crippen molar-refractivity contribution in [2.75, 3.05) is 0 Å². The van der Waals surface area contributed by atoms with Crippen molar-refractivity contribution in [3.8, 4) is 0 Å². The molecular weight excluding hydrogens is 248 g/mol. The van der Waals surface area contributed by atoms with Crippen LogP contribution in [0.25, 0.3) is 0 Å². The molecule has 20 heavy (non-hydrogen) atoms. The molecule has 0 aliphatic heterocycles. The van der Waals surface area contributed by atoms with Crippen LogP contribution in [0.15, 0.2) is 0 Å². The van der Waals surface area contributed by atoms with Gasteiger partial charge in [-0.15, -0.1) is 0 Å². The number of ether oxygens (including phenoxy) is 1. The van der Waals surface area contributed by atoms with Crippen LogP contribution in [0.2, 0.25) is 0 Å². The van der Waals surface area contributed by atoms with E-state index < -0.39 is 0 Å². The Balaban J connectivity index is 3.99. The zero-order chi connectivity index (χ0) is 15.2. The van der Waals surface area contributed by atoms with Gasteiger partial charge < -0.3 is 4.74 Å². The molecular formula is C18H36O2. The van der Waals surface area contributed by atoms with E-state index in [1.807, 2.05) is 0 Å². The number of unbranched alkanes of at least 4 members (excludes halogenated alkanes) is 6. The number of esters is 1. The summed E-state index contributed by atoms with van der Waals surface area (Å²) in [5.41, 5.74) is 0. The van der Waals surface area contributed by atoms with Crippen LogP contribution in [0, 0.1) is 5.92 Å².